The molecule has 1 saturated heterocycles. The number of sulfonamides is 1. The first-order chi connectivity index (χ1) is 13.8. The van der Waals surface area contributed by atoms with Crippen LogP contribution in [0.15, 0.2) is 46.0 Å². The van der Waals surface area contributed by atoms with Gasteiger partial charge < -0.3 is 14.5 Å². The highest BCUT2D eigenvalue weighted by Crippen LogP contribution is 2.28. The molecule has 1 atom stereocenters. The maximum absolute atomic E-state index is 13.1. The number of nitrogens with one attached hydrogen (secondary N) is 1. The number of benzene rings is 1. The van der Waals surface area contributed by atoms with Gasteiger partial charge in [0, 0.05) is 26.2 Å². The number of anilines is 1. The van der Waals surface area contributed by atoms with Gasteiger partial charge in [-0.2, -0.15) is 4.72 Å². The van der Waals surface area contributed by atoms with Gasteiger partial charge in [-0.25, -0.2) is 8.42 Å². The van der Waals surface area contributed by atoms with Crippen LogP contribution in [0.3, 0.4) is 0 Å². The molecular formula is C20H27N3O4S2. The van der Waals surface area contributed by atoms with E-state index in [1.807, 2.05) is 38.1 Å². The van der Waals surface area contributed by atoms with E-state index in [9.17, 15) is 13.2 Å². The summed E-state index contributed by atoms with van der Waals surface area (Å²) in [6.45, 7) is 6.08. The summed E-state index contributed by atoms with van der Waals surface area (Å²) in [4.78, 5) is 17.0. The molecule has 0 spiro atoms. The maximum atomic E-state index is 13.1. The van der Waals surface area contributed by atoms with Gasteiger partial charge in [0.15, 0.2) is 0 Å². The summed E-state index contributed by atoms with van der Waals surface area (Å²) >= 11 is 1.14. The molecule has 1 aliphatic rings. The number of hydrogen-bond acceptors (Lipinski definition) is 6. The van der Waals surface area contributed by atoms with E-state index in [-0.39, 0.29) is 16.0 Å². The lowest BCUT2D eigenvalue weighted by Crippen LogP contribution is -2.56. The average molecular weight is 438 g/mol. The predicted octanol–water partition coefficient (Wildman–Crippen LogP) is 2.41. The van der Waals surface area contributed by atoms with E-state index in [0.29, 0.717) is 26.2 Å². The van der Waals surface area contributed by atoms with Crippen LogP contribution in [0.25, 0.3) is 0 Å². The fraction of sp³-hybridized carbons (Fsp3) is 0.450. The van der Waals surface area contributed by atoms with Crippen molar-refractivity contribution in [2.45, 2.75) is 24.1 Å². The minimum absolute atomic E-state index is 0.163. The van der Waals surface area contributed by atoms with Crippen LogP contribution in [-0.2, 0) is 14.8 Å². The summed E-state index contributed by atoms with van der Waals surface area (Å²) in [5.74, 6) is 0.459. The summed E-state index contributed by atoms with van der Waals surface area (Å²) in [5, 5.41) is 1.71. The van der Waals surface area contributed by atoms with Crippen LogP contribution in [0.5, 0.6) is 5.75 Å². The first kappa shape index (κ1) is 21.6. The third kappa shape index (κ3) is 4.91. The second kappa shape index (κ2) is 9.15. The van der Waals surface area contributed by atoms with Crippen LogP contribution in [0.2, 0.25) is 0 Å². The molecule has 7 nitrogen and oxygen atoms in total. The van der Waals surface area contributed by atoms with Crippen LogP contribution in [-0.4, -0.2) is 58.6 Å². The molecule has 1 aromatic heterocycles. The number of hydrogen-bond donors (Lipinski definition) is 1. The molecule has 0 aliphatic carbocycles. The molecule has 3 rings (SSSR count). The Morgan fingerprint density at radius 2 is 1.79 bits per heavy atom. The van der Waals surface area contributed by atoms with E-state index < -0.39 is 16.1 Å². The first-order valence-electron chi connectivity index (χ1n) is 9.56. The number of amides is 1. The van der Waals surface area contributed by atoms with Crippen molar-refractivity contribution in [3.8, 4) is 5.75 Å². The molecule has 2 heterocycles. The molecule has 1 unspecified atom stereocenters. The van der Waals surface area contributed by atoms with Crippen LogP contribution in [0.4, 0.5) is 5.69 Å². The number of piperazine rings is 1. The normalized spacial score (nSPS) is 16.1. The Bertz CT molecular complexity index is 921. The highest BCUT2D eigenvalue weighted by molar-refractivity contribution is 7.91. The monoisotopic (exact) mass is 437 g/mol. The molecule has 0 bridgehead atoms. The van der Waals surface area contributed by atoms with Gasteiger partial charge in [0.25, 0.3) is 10.0 Å². The number of ether oxygens (including phenoxy) is 1. The van der Waals surface area contributed by atoms with Crippen molar-refractivity contribution in [1.29, 1.82) is 0 Å². The zero-order valence-electron chi connectivity index (χ0n) is 16.9. The molecular weight excluding hydrogens is 410 g/mol. The quantitative estimate of drug-likeness (QED) is 0.720. The fourth-order valence-electron chi connectivity index (χ4n) is 3.37. The standard InChI is InChI=1S/C20H27N3O4S2/c1-15(2)19(21-29(25,26)18-9-6-14-28-18)20(24)23-12-10-22(11-13-23)16-7-4-5-8-17(16)27-3/h4-9,14-15,19,21H,10-13H2,1-3H3. The smallest absolute Gasteiger partial charge is 0.250 e. The number of nitrogens with zero attached hydrogens (tertiary/aromatic N) is 2. The molecule has 1 N–H and O–H groups in total. The van der Waals surface area contributed by atoms with Crippen molar-refractivity contribution in [3.05, 3.63) is 41.8 Å². The lowest BCUT2D eigenvalue weighted by molar-refractivity contribution is -0.134. The number of methoxy groups -OCH3 is 1. The van der Waals surface area contributed by atoms with E-state index in [1.165, 1.54) is 0 Å². The van der Waals surface area contributed by atoms with Gasteiger partial charge in [0.05, 0.1) is 12.8 Å². The van der Waals surface area contributed by atoms with Gasteiger partial charge in [-0.15, -0.1) is 11.3 Å². The zero-order valence-corrected chi connectivity index (χ0v) is 18.5. The lowest BCUT2D eigenvalue weighted by Gasteiger charge is -2.38. The van der Waals surface area contributed by atoms with Crippen molar-refractivity contribution in [2.24, 2.45) is 5.92 Å². The summed E-state index contributed by atoms with van der Waals surface area (Å²) < 4.78 is 33.5. The Kier molecular flexibility index (Phi) is 6.81. The third-order valence-corrected chi connectivity index (χ3v) is 7.83. The SMILES string of the molecule is COc1ccccc1N1CCN(C(=O)C(NS(=O)(=O)c2cccs2)C(C)C)CC1. The summed E-state index contributed by atoms with van der Waals surface area (Å²) in [6, 6.07) is 10.2. The Labute approximate surface area is 176 Å². The number of rotatable bonds is 7. The van der Waals surface area contributed by atoms with E-state index in [4.69, 9.17) is 4.74 Å². The van der Waals surface area contributed by atoms with E-state index in [1.54, 1.807) is 29.5 Å². The summed E-state index contributed by atoms with van der Waals surface area (Å²) in [5.41, 5.74) is 1.00. The molecule has 1 amide bonds. The highest BCUT2D eigenvalue weighted by atomic mass is 32.2. The fourth-order valence-corrected chi connectivity index (χ4v) is 5.72. The Morgan fingerprint density at radius 1 is 1.10 bits per heavy atom. The van der Waals surface area contributed by atoms with E-state index in [0.717, 1.165) is 22.8 Å². The number of thiophene rings is 1. The Balaban J connectivity index is 1.68. The highest BCUT2D eigenvalue weighted by Gasteiger charge is 2.33. The lowest BCUT2D eigenvalue weighted by atomic mass is 10.0. The molecule has 0 saturated carbocycles. The second-order valence-electron chi connectivity index (χ2n) is 7.26. The minimum Gasteiger partial charge on any atom is -0.495 e. The summed E-state index contributed by atoms with van der Waals surface area (Å²) in [7, 11) is -2.07. The molecule has 158 valence electrons. The number of para-hydroxylation sites is 2. The second-order valence-corrected chi connectivity index (χ2v) is 10.1. The van der Waals surface area contributed by atoms with Gasteiger partial charge in [0.2, 0.25) is 5.91 Å². The van der Waals surface area contributed by atoms with Gasteiger partial charge in [-0.3, -0.25) is 4.79 Å². The molecule has 9 heteroatoms. The van der Waals surface area contributed by atoms with Gasteiger partial charge >= 0.3 is 0 Å². The molecule has 1 aliphatic heterocycles. The summed E-state index contributed by atoms with van der Waals surface area (Å²) in [6.07, 6.45) is 0. The topological polar surface area (TPSA) is 79.0 Å². The van der Waals surface area contributed by atoms with Gasteiger partial charge in [-0.1, -0.05) is 32.0 Å². The van der Waals surface area contributed by atoms with Crippen LogP contribution in [0, 0.1) is 5.92 Å². The Hall–Kier alpha value is -2.10. The number of carbonyl (C=O) groups is 1. The molecule has 29 heavy (non-hydrogen) atoms. The predicted molar refractivity (Wildman–Crippen MR) is 115 cm³/mol. The largest absolute Gasteiger partial charge is 0.495 e. The van der Waals surface area contributed by atoms with E-state index >= 15 is 0 Å². The molecule has 1 fully saturated rings. The van der Waals surface area contributed by atoms with Crippen molar-refractivity contribution in [3.63, 3.8) is 0 Å². The van der Waals surface area contributed by atoms with Crippen molar-refractivity contribution in [2.75, 3.05) is 38.2 Å². The van der Waals surface area contributed by atoms with E-state index in [2.05, 4.69) is 9.62 Å². The van der Waals surface area contributed by atoms with Crippen LogP contribution < -0.4 is 14.4 Å². The van der Waals surface area contributed by atoms with Gasteiger partial charge in [0.1, 0.15) is 16.0 Å². The van der Waals surface area contributed by atoms with Crippen LogP contribution in [0.1, 0.15) is 13.8 Å². The Morgan fingerprint density at radius 3 is 2.38 bits per heavy atom. The molecule has 1 aromatic carbocycles. The molecule has 2 aromatic rings. The third-order valence-electron chi connectivity index (χ3n) is 4.99. The average Bonchev–Trinajstić information content (AvgIpc) is 3.27. The van der Waals surface area contributed by atoms with Crippen LogP contribution >= 0.6 is 11.3 Å². The number of carbonyl (C=O) groups excluding carboxylic acids is 1. The van der Waals surface area contributed by atoms with Crippen molar-refractivity contribution < 1.29 is 17.9 Å². The van der Waals surface area contributed by atoms with Crippen molar-refractivity contribution >= 4 is 33.0 Å². The maximum Gasteiger partial charge on any atom is 0.250 e. The minimum atomic E-state index is -3.71. The van der Waals surface area contributed by atoms with Crippen molar-refractivity contribution in [1.82, 2.24) is 9.62 Å². The molecule has 0 radical (unpaired) electrons. The first-order valence-corrected chi connectivity index (χ1v) is 11.9. The zero-order chi connectivity index (χ0) is 21.0. The van der Waals surface area contributed by atoms with Gasteiger partial charge in [-0.05, 0) is 29.5 Å².